The van der Waals surface area contributed by atoms with Crippen LogP contribution in [0.4, 0.5) is 15.7 Å². The molecule has 90 valence electrons. The Hall–Kier alpha value is -1.65. The molecule has 0 spiro atoms. The fraction of sp³-hybridized carbons (Fsp3) is 0.0714. The van der Waals surface area contributed by atoms with Gasteiger partial charge in [-0.1, -0.05) is 0 Å². The molecule has 0 saturated carbocycles. The van der Waals surface area contributed by atoms with Crippen molar-refractivity contribution in [3.63, 3.8) is 0 Å². The van der Waals surface area contributed by atoms with Crippen LogP contribution >= 0.6 is 22.7 Å². The molecule has 0 aliphatic carbocycles. The van der Waals surface area contributed by atoms with E-state index in [0.29, 0.717) is 0 Å². The number of nitrogens with zero attached hydrogens (tertiary/aromatic N) is 2. The average molecular weight is 272 g/mol. The Balaban J connectivity index is 2.08. The zero-order valence-electron chi connectivity index (χ0n) is 9.91. The minimum Gasteiger partial charge on any atom is -0.291 e. The van der Waals surface area contributed by atoms with E-state index in [1.54, 1.807) is 22.7 Å². The molecule has 0 saturated heterocycles. The van der Waals surface area contributed by atoms with E-state index in [-0.39, 0.29) is 0 Å². The monoisotopic (exact) mass is 272 g/mol. The Bertz CT molecular complexity index is 564. The van der Waals surface area contributed by atoms with Gasteiger partial charge >= 0.3 is 0 Å². The van der Waals surface area contributed by atoms with Crippen molar-refractivity contribution in [1.29, 1.82) is 0 Å². The van der Waals surface area contributed by atoms with Crippen LogP contribution in [0, 0.1) is 6.92 Å². The highest BCUT2D eigenvalue weighted by atomic mass is 32.1. The maximum atomic E-state index is 4.39. The number of rotatable bonds is 3. The molecule has 0 fully saturated rings. The molecule has 0 aliphatic rings. The lowest BCUT2D eigenvalue weighted by Gasteiger charge is -2.21. The molecule has 3 aromatic rings. The van der Waals surface area contributed by atoms with Crippen LogP contribution in [0.3, 0.4) is 0 Å². The number of aromatic nitrogens is 1. The molecule has 0 amide bonds. The quantitative estimate of drug-likeness (QED) is 0.668. The van der Waals surface area contributed by atoms with Crippen molar-refractivity contribution >= 4 is 38.4 Å². The third-order valence-electron chi connectivity index (χ3n) is 2.61. The van der Waals surface area contributed by atoms with Gasteiger partial charge in [-0.25, -0.2) is 0 Å². The Morgan fingerprint density at radius 2 is 1.61 bits per heavy atom. The summed E-state index contributed by atoms with van der Waals surface area (Å²) in [6.07, 6.45) is 1.93. The standard InChI is InChI=1S/C14H12N2S2/c1-11-6-7-12(10-15-11)16(13-4-2-8-17-13)14-5-3-9-18-14/h2-10H,1H3. The zero-order chi connectivity index (χ0) is 12.4. The maximum absolute atomic E-state index is 4.39. The molecular formula is C14H12N2S2. The Morgan fingerprint density at radius 3 is 2.06 bits per heavy atom. The molecule has 18 heavy (non-hydrogen) atoms. The lowest BCUT2D eigenvalue weighted by molar-refractivity contribution is 1.18. The van der Waals surface area contributed by atoms with Gasteiger partial charge in [0.2, 0.25) is 0 Å². The molecule has 0 aromatic carbocycles. The molecule has 3 aromatic heterocycles. The van der Waals surface area contributed by atoms with Gasteiger partial charge in [-0.15, -0.1) is 22.7 Å². The second-order valence-corrected chi connectivity index (χ2v) is 5.75. The minimum absolute atomic E-state index is 1.04. The maximum Gasteiger partial charge on any atom is 0.101 e. The molecule has 0 bridgehead atoms. The number of thiophene rings is 2. The van der Waals surface area contributed by atoms with Crippen LogP contribution in [-0.4, -0.2) is 4.98 Å². The van der Waals surface area contributed by atoms with Gasteiger partial charge in [-0.05, 0) is 54.1 Å². The molecule has 4 heteroatoms. The molecule has 3 rings (SSSR count). The third kappa shape index (κ3) is 2.17. The van der Waals surface area contributed by atoms with Crippen molar-refractivity contribution in [3.05, 3.63) is 59.0 Å². The van der Waals surface area contributed by atoms with Crippen molar-refractivity contribution in [2.75, 3.05) is 4.90 Å². The van der Waals surface area contributed by atoms with Crippen LogP contribution in [0.1, 0.15) is 5.69 Å². The van der Waals surface area contributed by atoms with Gasteiger partial charge in [0, 0.05) is 5.69 Å². The molecule has 0 N–H and O–H groups in total. The number of hydrogen-bond donors (Lipinski definition) is 0. The lowest BCUT2D eigenvalue weighted by Crippen LogP contribution is -2.06. The summed E-state index contributed by atoms with van der Waals surface area (Å²) in [5.41, 5.74) is 2.14. The average Bonchev–Trinajstić information content (AvgIpc) is 3.06. The Labute approximate surface area is 114 Å². The van der Waals surface area contributed by atoms with E-state index in [1.807, 2.05) is 19.2 Å². The fourth-order valence-corrected chi connectivity index (χ4v) is 3.33. The normalized spacial score (nSPS) is 10.5. The molecular weight excluding hydrogens is 260 g/mol. The van der Waals surface area contributed by atoms with E-state index >= 15 is 0 Å². The summed E-state index contributed by atoms with van der Waals surface area (Å²) in [4.78, 5) is 6.63. The summed E-state index contributed by atoms with van der Waals surface area (Å²) in [5.74, 6) is 0. The smallest absolute Gasteiger partial charge is 0.101 e. The summed E-state index contributed by atoms with van der Waals surface area (Å²) >= 11 is 3.47. The number of anilines is 3. The minimum atomic E-state index is 1.04. The van der Waals surface area contributed by atoms with Gasteiger partial charge in [-0.3, -0.25) is 9.88 Å². The third-order valence-corrected chi connectivity index (χ3v) is 4.31. The van der Waals surface area contributed by atoms with E-state index in [9.17, 15) is 0 Å². The number of hydrogen-bond acceptors (Lipinski definition) is 4. The van der Waals surface area contributed by atoms with Crippen molar-refractivity contribution in [1.82, 2.24) is 4.98 Å². The van der Waals surface area contributed by atoms with Crippen LogP contribution in [-0.2, 0) is 0 Å². The summed E-state index contributed by atoms with van der Waals surface area (Å²) in [5, 5.41) is 6.61. The summed E-state index contributed by atoms with van der Waals surface area (Å²) in [6.45, 7) is 2.00. The van der Waals surface area contributed by atoms with Crippen molar-refractivity contribution in [2.24, 2.45) is 0 Å². The van der Waals surface area contributed by atoms with Crippen molar-refractivity contribution in [2.45, 2.75) is 6.92 Å². The van der Waals surface area contributed by atoms with Gasteiger partial charge in [0.05, 0.1) is 11.9 Å². The molecule has 0 radical (unpaired) electrons. The van der Waals surface area contributed by atoms with Gasteiger partial charge in [0.15, 0.2) is 0 Å². The SMILES string of the molecule is Cc1ccc(N(c2cccs2)c2cccs2)cn1. The molecule has 0 aliphatic heterocycles. The van der Waals surface area contributed by atoms with Crippen LogP contribution < -0.4 is 4.90 Å². The number of pyridine rings is 1. The van der Waals surface area contributed by atoms with Crippen LogP contribution in [0.15, 0.2) is 53.4 Å². The van der Waals surface area contributed by atoms with E-state index in [2.05, 4.69) is 51.0 Å². The topological polar surface area (TPSA) is 16.1 Å². The predicted octanol–water partition coefficient (Wildman–Crippen LogP) is 4.98. The fourth-order valence-electron chi connectivity index (χ4n) is 1.75. The highest BCUT2D eigenvalue weighted by Crippen LogP contribution is 2.39. The van der Waals surface area contributed by atoms with E-state index in [1.165, 1.54) is 10.0 Å². The predicted molar refractivity (Wildman–Crippen MR) is 79.4 cm³/mol. The first-order valence-corrected chi connectivity index (χ1v) is 7.40. The first-order valence-electron chi connectivity index (χ1n) is 5.64. The summed E-state index contributed by atoms with van der Waals surface area (Å²) in [6, 6.07) is 12.6. The summed E-state index contributed by atoms with van der Waals surface area (Å²) < 4.78 is 0. The van der Waals surface area contributed by atoms with Gasteiger partial charge < -0.3 is 0 Å². The van der Waals surface area contributed by atoms with E-state index in [0.717, 1.165) is 11.4 Å². The zero-order valence-corrected chi connectivity index (χ0v) is 11.5. The highest BCUT2D eigenvalue weighted by molar-refractivity contribution is 7.16. The molecule has 0 unspecified atom stereocenters. The van der Waals surface area contributed by atoms with Gasteiger partial charge in [-0.2, -0.15) is 0 Å². The first kappa shape index (κ1) is 11.4. The number of aryl methyl sites for hydroxylation is 1. The Morgan fingerprint density at radius 1 is 0.944 bits per heavy atom. The molecule has 2 nitrogen and oxygen atoms in total. The first-order chi connectivity index (χ1) is 8.84. The van der Waals surface area contributed by atoms with E-state index < -0.39 is 0 Å². The molecule has 0 atom stereocenters. The van der Waals surface area contributed by atoms with Crippen LogP contribution in [0.25, 0.3) is 0 Å². The van der Waals surface area contributed by atoms with Crippen LogP contribution in [0.5, 0.6) is 0 Å². The van der Waals surface area contributed by atoms with Crippen molar-refractivity contribution < 1.29 is 0 Å². The second-order valence-electron chi connectivity index (χ2n) is 3.90. The second kappa shape index (κ2) is 4.92. The summed E-state index contributed by atoms with van der Waals surface area (Å²) in [7, 11) is 0. The van der Waals surface area contributed by atoms with Gasteiger partial charge in [0.1, 0.15) is 10.0 Å². The molecule has 3 heterocycles. The lowest BCUT2D eigenvalue weighted by atomic mass is 10.3. The Kier molecular flexibility index (Phi) is 3.13. The van der Waals surface area contributed by atoms with Crippen LogP contribution in [0.2, 0.25) is 0 Å². The van der Waals surface area contributed by atoms with E-state index in [4.69, 9.17) is 0 Å². The highest BCUT2D eigenvalue weighted by Gasteiger charge is 2.13. The van der Waals surface area contributed by atoms with Gasteiger partial charge in [0.25, 0.3) is 0 Å². The van der Waals surface area contributed by atoms with Crippen molar-refractivity contribution in [3.8, 4) is 0 Å². The largest absolute Gasteiger partial charge is 0.291 e.